The second-order valence-electron chi connectivity index (χ2n) is 3.38. The SMILES string of the molecule is CC(C=O)C=CCC1COCOC1. The Morgan fingerprint density at radius 1 is 1.46 bits per heavy atom. The van der Waals surface area contributed by atoms with Gasteiger partial charge in [-0.25, -0.2) is 0 Å². The van der Waals surface area contributed by atoms with Crippen molar-refractivity contribution in [3.05, 3.63) is 12.2 Å². The highest BCUT2D eigenvalue weighted by molar-refractivity contribution is 5.55. The van der Waals surface area contributed by atoms with Crippen LogP contribution in [0.5, 0.6) is 0 Å². The largest absolute Gasteiger partial charge is 0.355 e. The highest BCUT2D eigenvalue weighted by Gasteiger charge is 2.12. The van der Waals surface area contributed by atoms with Crippen LogP contribution in [0.15, 0.2) is 12.2 Å². The van der Waals surface area contributed by atoms with Crippen molar-refractivity contribution in [1.82, 2.24) is 0 Å². The molecule has 0 aliphatic carbocycles. The Bertz CT molecular complexity index is 171. The summed E-state index contributed by atoms with van der Waals surface area (Å²) in [7, 11) is 0. The molecule has 0 spiro atoms. The zero-order valence-electron chi connectivity index (χ0n) is 7.94. The Morgan fingerprint density at radius 3 is 2.77 bits per heavy atom. The summed E-state index contributed by atoms with van der Waals surface area (Å²) in [5.74, 6) is 0.467. The lowest BCUT2D eigenvalue weighted by Gasteiger charge is -2.20. The third-order valence-corrected chi connectivity index (χ3v) is 2.00. The van der Waals surface area contributed by atoms with Gasteiger partial charge >= 0.3 is 0 Å². The Balaban J connectivity index is 2.16. The van der Waals surface area contributed by atoms with Gasteiger partial charge in [-0.1, -0.05) is 19.1 Å². The summed E-state index contributed by atoms with van der Waals surface area (Å²) < 4.78 is 10.3. The van der Waals surface area contributed by atoms with Crippen LogP contribution in [0.2, 0.25) is 0 Å². The third kappa shape index (κ3) is 4.20. The molecule has 0 aromatic rings. The first-order valence-corrected chi connectivity index (χ1v) is 4.60. The second kappa shape index (κ2) is 5.89. The van der Waals surface area contributed by atoms with Crippen LogP contribution < -0.4 is 0 Å². The molecule has 0 amide bonds. The third-order valence-electron chi connectivity index (χ3n) is 2.00. The lowest BCUT2D eigenvalue weighted by atomic mass is 10.1. The smallest absolute Gasteiger partial charge is 0.146 e. The molecule has 0 saturated carbocycles. The molecular weight excluding hydrogens is 168 g/mol. The van der Waals surface area contributed by atoms with Crippen LogP contribution in [0.25, 0.3) is 0 Å². The van der Waals surface area contributed by atoms with E-state index in [9.17, 15) is 4.79 Å². The number of aldehydes is 1. The van der Waals surface area contributed by atoms with Crippen molar-refractivity contribution in [1.29, 1.82) is 0 Å². The molecule has 1 rings (SSSR count). The fourth-order valence-electron chi connectivity index (χ4n) is 1.20. The van der Waals surface area contributed by atoms with Crippen molar-refractivity contribution in [2.45, 2.75) is 13.3 Å². The van der Waals surface area contributed by atoms with Crippen LogP contribution in [0, 0.1) is 11.8 Å². The first-order valence-electron chi connectivity index (χ1n) is 4.60. The van der Waals surface area contributed by atoms with Crippen LogP contribution in [0.1, 0.15) is 13.3 Å². The molecule has 1 unspecified atom stereocenters. The molecule has 0 aromatic heterocycles. The van der Waals surface area contributed by atoms with Crippen LogP contribution in [0.3, 0.4) is 0 Å². The highest BCUT2D eigenvalue weighted by atomic mass is 16.7. The molecule has 0 N–H and O–H groups in total. The van der Waals surface area contributed by atoms with Gasteiger partial charge in [0.2, 0.25) is 0 Å². The molecular formula is C10H16O3. The van der Waals surface area contributed by atoms with Gasteiger partial charge in [0, 0.05) is 11.8 Å². The molecule has 0 aromatic carbocycles. The highest BCUT2D eigenvalue weighted by Crippen LogP contribution is 2.10. The van der Waals surface area contributed by atoms with E-state index in [-0.39, 0.29) is 5.92 Å². The van der Waals surface area contributed by atoms with Gasteiger partial charge in [0.1, 0.15) is 13.1 Å². The van der Waals surface area contributed by atoms with E-state index in [1.807, 2.05) is 19.1 Å². The van der Waals surface area contributed by atoms with E-state index in [0.717, 1.165) is 25.9 Å². The number of carbonyl (C=O) groups excluding carboxylic acids is 1. The summed E-state index contributed by atoms with van der Waals surface area (Å²) in [4.78, 5) is 10.3. The molecule has 0 bridgehead atoms. The summed E-state index contributed by atoms with van der Waals surface area (Å²) in [6.07, 6.45) is 5.81. The number of hydrogen-bond donors (Lipinski definition) is 0. The maximum Gasteiger partial charge on any atom is 0.146 e. The topological polar surface area (TPSA) is 35.5 Å². The minimum Gasteiger partial charge on any atom is -0.355 e. The molecule has 1 fully saturated rings. The zero-order chi connectivity index (χ0) is 9.52. The Kier molecular flexibility index (Phi) is 4.72. The van der Waals surface area contributed by atoms with Crippen LogP contribution >= 0.6 is 0 Å². The van der Waals surface area contributed by atoms with E-state index >= 15 is 0 Å². The van der Waals surface area contributed by atoms with Crippen molar-refractivity contribution in [3.63, 3.8) is 0 Å². The van der Waals surface area contributed by atoms with Gasteiger partial charge in [0.05, 0.1) is 13.2 Å². The Morgan fingerprint density at radius 2 is 2.15 bits per heavy atom. The minimum absolute atomic E-state index is 0.0189. The zero-order valence-corrected chi connectivity index (χ0v) is 7.94. The Hall–Kier alpha value is -0.670. The summed E-state index contributed by atoms with van der Waals surface area (Å²) in [6, 6.07) is 0. The van der Waals surface area contributed by atoms with E-state index in [0.29, 0.717) is 12.7 Å². The van der Waals surface area contributed by atoms with Crippen LogP contribution in [-0.4, -0.2) is 26.3 Å². The summed E-state index contributed by atoms with van der Waals surface area (Å²) in [5, 5.41) is 0. The summed E-state index contributed by atoms with van der Waals surface area (Å²) in [5.41, 5.74) is 0. The number of ether oxygens (including phenoxy) is 2. The number of hydrogen-bond acceptors (Lipinski definition) is 3. The molecule has 1 aliphatic heterocycles. The lowest BCUT2D eigenvalue weighted by Crippen LogP contribution is -2.23. The van der Waals surface area contributed by atoms with Crippen LogP contribution in [0.4, 0.5) is 0 Å². The molecule has 3 heteroatoms. The van der Waals surface area contributed by atoms with Crippen molar-refractivity contribution >= 4 is 6.29 Å². The second-order valence-corrected chi connectivity index (χ2v) is 3.38. The number of allylic oxidation sites excluding steroid dienone is 2. The maximum atomic E-state index is 10.3. The maximum absolute atomic E-state index is 10.3. The fourth-order valence-corrected chi connectivity index (χ4v) is 1.20. The van der Waals surface area contributed by atoms with Crippen LogP contribution in [-0.2, 0) is 14.3 Å². The van der Waals surface area contributed by atoms with Gasteiger partial charge in [-0.05, 0) is 6.42 Å². The molecule has 1 atom stereocenters. The molecule has 13 heavy (non-hydrogen) atoms. The van der Waals surface area contributed by atoms with Crippen molar-refractivity contribution in [2.75, 3.05) is 20.0 Å². The van der Waals surface area contributed by atoms with E-state index in [4.69, 9.17) is 9.47 Å². The monoisotopic (exact) mass is 184 g/mol. The first-order chi connectivity index (χ1) is 6.33. The first kappa shape index (κ1) is 10.4. The number of rotatable bonds is 4. The van der Waals surface area contributed by atoms with Gasteiger partial charge in [0.15, 0.2) is 0 Å². The molecule has 74 valence electrons. The quantitative estimate of drug-likeness (QED) is 0.489. The summed E-state index contributed by atoms with van der Waals surface area (Å²) in [6.45, 7) is 3.82. The van der Waals surface area contributed by atoms with Crippen molar-refractivity contribution in [3.8, 4) is 0 Å². The molecule has 3 nitrogen and oxygen atoms in total. The fraction of sp³-hybridized carbons (Fsp3) is 0.700. The van der Waals surface area contributed by atoms with E-state index in [1.165, 1.54) is 0 Å². The van der Waals surface area contributed by atoms with Gasteiger partial charge in [0.25, 0.3) is 0 Å². The average molecular weight is 184 g/mol. The van der Waals surface area contributed by atoms with E-state index in [2.05, 4.69) is 0 Å². The average Bonchev–Trinajstić information content (AvgIpc) is 2.19. The Labute approximate surface area is 78.7 Å². The standard InChI is InChI=1S/C10H16O3/c1-9(5-11)3-2-4-10-6-12-8-13-7-10/h2-3,5,9-10H,4,6-8H2,1H3. The normalized spacial score (nSPS) is 21.9. The predicted octanol–water partition coefficient (Wildman–Crippen LogP) is 1.39. The molecule has 1 saturated heterocycles. The van der Waals surface area contributed by atoms with Gasteiger partial charge in [-0.15, -0.1) is 0 Å². The molecule has 1 heterocycles. The van der Waals surface area contributed by atoms with Gasteiger partial charge < -0.3 is 14.3 Å². The van der Waals surface area contributed by atoms with E-state index in [1.54, 1.807) is 0 Å². The minimum atomic E-state index is 0.0189. The van der Waals surface area contributed by atoms with Crippen molar-refractivity contribution in [2.24, 2.45) is 11.8 Å². The van der Waals surface area contributed by atoms with E-state index < -0.39 is 0 Å². The van der Waals surface area contributed by atoms with Gasteiger partial charge in [-0.3, -0.25) is 0 Å². The lowest BCUT2D eigenvalue weighted by molar-refractivity contribution is -0.124. The van der Waals surface area contributed by atoms with Gasteiger partial charge in [-0.2, -0.15) is 0 Å². The molecule has 0 radical (unpaired) electrons. The summed E-state index contributed by atoms with van der Waals surface area (Å²) >= 11 is 0. The van der Waals surface area contributed by atoms with Crippen molar-refractivity contribution < 1.29 is 14.3 Å². The molecule has 1 aliphatic rings. The number of carbonyl (C=O) groups is 1. The predicted molar refractivity (Wildman–Crippen MR) is 49.2 cm³/mol.